The van der Waals surface area contributed by atoms with Crippen molar-refractivity contribution < 1.29 is 19.6 Å². The number of carbonyl (C=O) groups excluding carboxylic acids is 2. The van der Waals surface area contributed by atoms with Crippen LogP contribution in [0.25, 0.3) is 5.76 Å². The zero-order valence-corrected chi connectivity index (χ0v) is 23.9. The number of para-hydroxylation sites is 1. The summed E-state index contributed by atoms with van der Waals surface area (Å²) in [5, 5.41) is 22.9. The van der Waals surface area contributed by atoms with E-state index in [0.717, 1.165) is 19.3 Å². The number of unbranched alkanes of at least 4 members (excludes halogenated alkanes) is 13. The Labute approximate surface area is 238 Å². The van der Waals surface area contributed by atoms with Crippen molar-refractivity contribution in [2.24, 2.45) is 0 Å². The van der Waals surface area contributed by atoms with Gasteiger partial charge in [-0.15, -0.1) is 0 Å². The van der Waals surface area contributed by atoms with Gasteiger partial charge in [-0.1, -0.05) is 133 Å². The first kappa shape index (κ1) is 31.1. The summed E-state index contributed by atoms with van der Waals surface area (Å²) < 4.78 is 0. The molecule has 40 heavy (non-hydrogen) atoms. The highest BCUT2D eigenvalue weighted by molar-refractivity contribution is 6.46. The number of ketones is 1. The van der Waals surface area contributed by atoms with Crippen LogP contribution in [0.4, 0.5) is 5.69 Å². The molecule has 1 fully saturated rings. The number of nitro groups is 1. The molecular weight excluding hydrogens is 504 g/mol. The number of aliphatic hydroxyl groups is 1. The normalized spacial score (nSPS) is 16.5. The Kier molecular flexibility index (Phi) is 12.9. The number of aliphatic hydroxyl groups excluding tert-OH is 1. The van der Waals surface area contributed by atoms with E-state index in [-0.39, 0.29) is 22.6 Å². The highest BCUT2D eigenvalue weighted by Gasteiger charge is 2.47. The lowest BCUT2D eigenvalue weighted by Gasteiger charge is -2.25. The zero-order valence-electron chi connectivity index (χ0n) is 23.9. The number of hydrogen-bond donors (Lipinski definition) is 1. The van der Waals surface area contributed by atoms with Crippen LogP contribution in [0.5, 0.6) is 0 Å². The molecule has 0 radical (unpaired) electrons. The van der Waals surface area contributed by atoms with Gasteiger partial charge in [0.25, 0.3) is 17.4 Å². The molecule has 1 N–H and O–H groups in total. The molecular formula is C33H44N2O5. The molecule has 0 bridgehead atoms. The van der Waals surface area contributed by atoms with E-state index in [1.807, 2.05) is 0 Å². The SMILES string of the molecule is CCCCCCCCCCCCCCCCN1C(=O)C(=O)C(=C(O)c2ccccc2)[C@@H]1c1ccccc1[N+](=O)[O-]. The van der Waals surface area contributed by atoms with Crippen molar-refractivity contribution in [2.75, 3.05) is 6.54 Å². The summed E-state index contributed by atoms with van der Waals surface area (Å²) in [6.45, 7) is 2.54. The van der Waals surface area contributed by atoms with Crippen LogP contribution < -0.4 is 0 Å². The molecule has 2 aromatic carbocycles. The summed E-state index contributed by atoms with van der Waals surface area (Å²) in [5.41, 5.74) is 0.338. The fourth-order valence-corrected chi connectivity index (χ4v) is 5.55. The molecule has 0 spiro atoms. The number of likely N-dealkylation sites (tertiary alicyclic amines) is 1. The zero-order chi connectivity index (χ0) is 28.7. The van der Waals surface area contributed by atoms with Gasteiger partial charge in [0.2, 0.25) is 0 Å². The monoisotopic (exact) mass is 548 g/mol. The lowest BCUT2D eigenvalue weighted by atomic mass is 9.94. The number of nitrogens with zero attached hydrogens (tertiary/aromatic N) is 2. The van der Waals surface area contributed by atoms with Gasteiger partial charge < -0.3 is 10.0 Å². The van der Waals surface area contributed by atoms with Crippen molar-refractivity contribution in [3.05, 3.63) is 81.4 Å². The second-order valence-corrected chi connectivity index (χ2v) is 10.8. The van der Waals surface area contributed by atoms with Gasteiger partial charge in [-0.3, -0.25) is 19.7 Å². The molecule has 1 aliphatic rings. The third-order valence-electron chi connectivity index (χ3n) is 7.77. The third kappa shape index (κ3) is 8.51. The van der Waals surface area contributed by atoms with Gasteiger partial charge in [0, 0.05) is 18.2 Å². The van der Waals surface area contributed by atoms with E-state index >= 15 is 0 Å². The molecule has 0 aromatic heterocycles. The fraction of sp³-hybridized carbons (Fsp3) is 0.515. The lowest BCUT2D eigenvalue weighted by Crippen LogP contribution is -2.31. The highest BCUT2D eigenvalue weighted by Crippen LogP contribution is 2.42. The van der Waals surface area contributed by atoms with Crippen LogP contribution in [0.1, 0.15) is 114 Å². The summed E-state index contributed by atoms with van der Waals surface area (Å²) in [7, 11) is 0. The number of benzene rings is 2. The average molecular weight is 549 g/mol. The van der Waals surface area contributed by atoms with E-state index in [1.54, 1.807) is 48.5 Å². The minimum atomic E-state index is -1.01. The lowest BCUT2D eigenvalue weighted by molar-refractivity contribution is -0.385. The molecule has 216 valence electrons. The van der Waals surface area contributed by atoms with Crippen molar-refractivity contribution in [1.82, 2.24) is 4.90 Å². The summed E-state index contributed by atoms with van der Waals surface area (Å²) in [5.74, 6) is -1.85. The van der Waals surface area contributed by atoms with Crippen molar-refractivity contribution in [2.45, 2.75) is 103 Å². The Morgan fingerprint density at radius 1 is 0.775 bits per heavy atom. The number of carbonyl (C=O) groups is 2. The van der Waals surface area contributed by atoms with Gasteiger partial charge in [-0.2, -0.15) is 0 Å². The molecule has 1 saturated heterocycles. The predicted octanol–water partition coefficient (Wildman–Crippen LogP) is 8.50. The van der Waals surface area contributed by atoms with Crippen LogP contribution in [0.3, 0.4) is 0 Å². The molecule has 1 atom stereocenters. The van der Waals surface area contributed by atoms with Crippen LogP contribution in [-0.2, 0) is 9.59 Å². The van der Waals surface area contributed by atoms with Crippen LogP contribution in [0.2, 0.25) is 0 Å². The third-order valence-corrected chi connectivity index (χ3v) is 7.77. The van der Waals surface area contributed by atoms with Crippen LogP contribution in [0.15, 0.2) is 60.2 Å². The minimum Gasteiger partial charge on any atom is -0.507 e. The first-order valence-electron chi connectivity index (χ1n) is 15.0. The van der Waals surface area contributed by atoms with Gasteiger partial charge >= 0.3 is 0 Å². The fourth-order valence-electron chi connectivity index (χ4n) is 5.55. The Balaban J connectivity index is 1.58. The van der Waals surface area contributed by atoms with Gasteiger partial charge in [0.1, 0.15) is 5.76 Å². The Bertz CT molecular complexity index is 1140. The topological polar surface area (TPSA) is 101 Å². The maximum absolute atomic E-state index is 13.2. The van der Waals surface area contributed by atoms with Gasteiger partial charge in [-0.05, 0) is 12.5 Å². The molecule has 3 rings (SSSR count). The number of Topliss-reactive ketones (excluding diaryl/α,β-unsaturated/α-hetero) is 1. The summed E-state index contributed by atoms with van der Waals surface area (Å²) >= 11 is 0. The first-order chi connectivity index (χ1) is 19.5. The molecule has 0 aliphatic carbocycles. The molecule has 7 heteroatoms. The molecule has 0 saturated carbocycles. The maximum atomic E-state index is 13.2. The quantitative estimate of drug-likeness (QED) is 0.0502. The van der Waals surface area contributed by atoms with Gasteiger partial charge in [0.15, 0.2) is 0 Å². The van der Waals surface area contributed by atoms with E-state index in [9.17, 15) is 24.8 Å². The molecule has 1 aliphatic heterocycles. The molecule has 2 aromatic rings. The van der Waals surface area contributed by atoms with E-state index in [0.29, 0.717) is 18.5 Å². The molecule has 0 unspecified atom stereocenters. The Morgan fingerprint density at radius 2 is 1.27 bits per heavy atom. The number of amides is 1. The van der Waals surface area contributed by atoms with E-state index in [1.165, 1.54) is 75.2 Å². The van der Waals surface area contributed by atoms with Crippen LogP contribution in [0, 0.1) is 10.1 Å². The summed E-state index contributed by atoms with van der Waals surface area (Å²) in [6.07, 6.45) is 16.9. The maximum Gasteiger partial charge on any atom is 0.295 e. The van der Waals surface area contributed by atoms with Crippen molar-refractivity contribution >= 4 is 23.1 Å². The minimum absolute atomic E-state index is 0.101. The number of hydrogen-bond acceptors (Lipinski definition) is 5. The first-order valence-corrected chi connectivity index (χ1v) is 15.0. The van der Waals surface area contributed by atoms with Crippen molar-refractivity contribution in [3.8, 4) is 0 Å². The van der Waals surface area contributed by atoms with Crippen molar-refractivity contribution in [1.29, 1.82) is 0 Å². The second kappa shape index (κ2) is 16.6. The van der Waals surface area contributed by atoms with E-state index in [2.05, 4.69) is 6.92 Å². The molecule has 1 amide bonds. The second-order valence-electron chi connectivity index (χ2n) is 10.8. The van der Waals surface area contributed by atoms with Gasteiger partial charge in [0.05, 0.1) is 22.1 Å². The van der Waals surface area contributed by atoms with E-state index < -0.39 is 22.7 Å². The number of nitro benzene ring substituents is 1. The summed E-state index contributed by atoms with van der Waals surface area (Å²) in [6, 6.07) is 13.6. The standard InChI is InChI=1S/C33H44N2O5/c1-2-3-4-5-6-7-8-9-10-11-12-13-14-20-25-34-30(27-23-18-19-24-28(27)35(39)40)29(32(37)33(34)38)31(36)26-21-16-15-17-22-26/h15-19,21-24,30,36H,2-14,20,25H2,1H3/t30-/m0/s1. The molecule has 7 nitrogen and oxygen atoms in total. The molecule has 1 heterocycles. The van der Waals surface area contributed by atoms with E-state index in [4.69, 9.17) is 0 Å². The Hall–Kier alpha value is -3.48. The highest BCUT2D eigenvalue weighted by atomic mass is 16.6. The Morgan fingerprint density at radius 3 is 1.82 bits per heavy atom. The van der Waals surface area contributed by atoms with Crippen molar-refractivity contribution in [3.63, 3.8) is 0 Å². The van der Waals surface area contributed by atoms with Crippen LogP contribution in [-0.4, -0.2) is 33.2 Å². The van der Waals surface area contributed by atoms with Gasteiger partial charge in [-0.25, -0.2) is 0 Å². The average Bonchev–Trinajstić information content (AvgIpc) is 3.22. The predicted molar refractivity (Wildman–Crippen MR) is 159 cm³/mol. The summed E-state index contributed by atoms with van der Waals surface area (Å²) in [4.78, 5) is 39.0. The largest absolute Gasteiger partial charge is 0.507 e. The number of rotatable bonds is 18. The smallest absolute Gasteiger partial charge is 0.295 e. The van der Waals surface area contributed by atoms with Crippen LogP contribution >= 0.6 is 0 Å².